The van der Waals surface area contributed by atoms with Gasteiger partial charge in [-0.05, 0) is 18.2 Å². The molecule has 1 aromatic heterocycles. The molecule has 1 aromatic rings. The summed E-state index contributed by atoms with van der Waals surface area (Å²) in [5.41, 5.74) is 4.87. The van der Waals surface area contributed by atoms with E-state index in [9.17, 15) is 14.4 Å². The summed E-state index contributed by atoms with van der Waals surface area (Å²) in [5, 5.41) is 13.4. The van der Waals surface area contributed by atoms with Crippen molar-refractivity contribution >= 4 is 35.3 Å². The van der Waals surface area contributed by atoms with Crippen LogP contribution in [0.3, 0.4) is 0 Å². The predicted molar refractivity (Wildman–Crippen MR) is 70.9 cm³/mol. The van der Waals surface area contributed by atoms with E-state index in [2.05, 4.69) is 10.6 Å². The van der Waals surface area contributed by atoms with Crippen LogP contribution in [-0.4, -0.2) is 36.1 Å². The van der Waals surface area contributed by atoms with Crippen molar-refractivity contribution in [1.29, 1.82) is 0 Å². The van der Waals surface area contributed by atoms with E-state index in [0.29, 0.717) is 9.75 Å². The van der Waals surface area contributed by atoms with Crippen molar-refractivity contribution in [2.45, 2.75) is 0 Å². The van der Waals surface area contributed by atoms with Gasteiger partial charge in [0.15, 0.2) is 0 Å². The lowest BCUT2D eigenvalue weighted by molar-refractivity contribution is -0.131. The van der Waals surface area contributed by atoms with Gasteiger partial charge in [0.05, 0.1) is 4.88 Å². The van der Waals surface area contributed by atoms with Gasteiger partial charge in [0.1, 0.15) is 0 Å². The van der Waals surface area contributed by atoms with Crippen molar-refractivity contribution in [3.8, 4) is 0 Å². The average Bonchev–Trinajstić information content (AvgIpc) is 2.80. The Morgan fingerprint density at radius 2 is 1.95 bits per heavy atom. The van der Waals surface area contributed by atoms with Crippen molar-refractivity contribution in [1.82, 2.24) is 10.6 Å². The molecule has 0 radical (unpaired) electrons. The Morgan fingerprint density at radius 3 is 2.58 bits per heavy atom. The van der Waals surface area contributed by atoms with Gasteiger partial charge in [-0.15, -0.1) is 11.3 Å². The van der Waals surface area contributed by atoms with E-state index in [1.807, 2.05) is 0 Å². The van der Waals surface area contributed by atoms with E-state index in [-0.39, 0.29) is 19.0 Å². The number of thiophene rings is 1. The molecule has 3 amide bonds. The lowest BCUT2D eigenvalue weighted by Gasteiger charge is -2.03. The SMILES string of the molecule is NC(=O)NCCNC(=O)c1ccc(/C=C/C(=O)O)s1. The lowest BCUT2D eigenvalue weighted by atomic mass is 10.4. The molecule has 0 fully saturated rings. The largest absolute Gasteiger partial charge is 0.478 e. The smallest absolute Gasteiger partial charge is 0.328 e. The van der Waals surface area contributed by atoms with Crippen molar-refractivity contribution in [3.05, 3.63) is 28.0 Å². The number of hydrogen-bond acceptors (Lipinski definition) is 4. The zero-order valence-electron chi connectivity index (χ0n) is 9.88. The quantitative estimate of drug-likeness (QED) is 0.441. The lowest BCUT2D eigenvalue weighted by Crippen LogP contribution is -2.37. The van der Waals surface area contributed by atoms with Crippen LogP contribution in [0.25, 0.3) is 6.08 Å². The van der Waals surface area contributed by atoms with Gasteiger partial charge in [-0.1, -0.05) is 0 Å². The summed E-state index contributed by atoms with van der Waals surface area (Å²) in [6.07, 6.45) is 2.42. The maximum Gasteiger partial charge on any atom is 0.328 e. The molecule has 0 spiro atoms. The normalized spacial score (nSPS) is 10.3. The number of nitrogens with two attached hydrogens (primary N) is 1. The molecule has 0 aliphatic heterocycles. The van der Waals surface area contributed by atoms with Crippen LogP contribution in [0.5, 0.6) is 0 Å². The number of nitrogens with one attached hydrogen (secondary N) is 2. The molecular weight excluding hydrogens is 270 g/mol. The number of amides is 3. The van der Waals surface area contributed by atoms with Gasteiger partial charge in [-0.2, -0.15) is 0 Å². The summed E-state index contributed by atoms with van der Waals surface area (Å²) in [7, 11) is 0. The first-order valence-corrected chi connectivity index (χ1v) is 6.13. The first-order chi connectivity index (χ1) is 8.99. The molecule has 0 aliphatic carbocycles. The summed E-state index contributed by atoms with van der Waals surface area (Å²) >= 11 is 1.17. The van der Waals surface area contributed by atoms with Crippen LogP contribution in [0.4, 0.5) is 4.79 Å². The van der Waals surface area contributed by atoms with Gasteiger partial charge in [-0.25, -0.2) is 9.59 Å². The molecule has 8 heteroatoms. The van der Waals surface area contributed by atoms with Crippen molar-refractivity contribution in [3.63, 3.8) is 0 Å². The Balaban J connectivity index is 2.45. The van der Waals surface area contributed by atoms with Crippen molar-refractivity contribution in [2.24, 2.45) is 5.73 Å². The van der Waals surface area contributed by atoms with E-state index in [1.165, 1.54) is 17.4 Å². The van der Waals surface area contributed by atoms with Crippen LogP contribution >= 0.6 is 11.3 Å². The molecule has 0 unspecified atom stereocenters. The van der Waals surface area contributed by atoms with Crippen LogP contribution in [0, 0.1) is 0 Å². The molecule has 0 aliphatic rings. The molecule has 0 saturated heterocycles. The fraction of sp³-hybridized carbons (Fsp3) is 0.182. The third-order valence-corrected chi connectivity index (χ3v) is 3.00. The monoisotopic (exact) mass is 283 g/mol. The van der Waals surface area contributed by atoms with Crippen LogP contribution in [-0.2, 0) is 4.79 Å². The maximum absolute atomic E-state index is 11.7. The van der Waals surface area contributed by atoms with Gasteiger partial charge in [0.2, 0.25) is 0 Å². The van der Waals surface area contributed by atoms with Crippen molar-refractivity contribution in [2.75, 3.05) is 13.1 Å². The molecule has 0 saturated carbocycles. The van der Waals surface area contributed by atoms with Gasteiger partial charge in [-0.3, -0.25) is 4.79 Å². The van der Waals surface area contributed by atoms with E-state index < -0.39 is 12.0 Å². The van der Waals surface area contributed by atoms with Crippen LogP contribution in [0.2, 0.25) is 0 Å². The zero-order chi connectivity index (χ0) is 14.3. The van der Waals surface area contributed by atoms with Crippen LogP contribution < -0.4 is 16.4 Å². The Bertz CT molecular complexity index is 510. The van der Waals surface area contributed by atoms with Gasteiger partial charge in [0, 0.05) is 24.0 Å². The fourth-order valence-electron chi connectivity index (χ4n) is 1.17. The minimum absolute atomic E-state index is 0.248. The third kappa shape index (κ3) is 5.68. The number of carbonyl (C=O) groups is 3. The molecule has 19 heavy (non-hydrogen) atoms. The standard InChI is InChI=1S/C11H13N3O4S/c12-11(18)14-6-5-13-10(17)8-3-1-7(19-8)2-4-9(15)16/h1-4H,5-6H2,(H,13,17)(H,15,16)(H3,12,14,18)/b4-2+. The molecule has 0 bridgehead atoms. The first-order valence-electron chi connectivity index (χ1n) is 5.31. The molecule has 0 atom stereocenters. The molecule has 1 heterocycles. The minimum atomic E-state index is -1.04. The molecule has 1 rings (SSSR count). The maximum atomic E-state index is 11.7. The summed E-state index contributed by atoms with van der Waals surface area (Å²) in [6, 6.07) is 2.61. The molecule has 0 aromatic carbocycles. The topological polar surface area (TPSA) is 122 Å². The number of aliphatic carboxylic acids is 1. The number of carboxylic acid groups (broad SMARTS) is 1. The van der Waals surface area contributed by atoms with Gasteiger partial charge in [0.25, 0.3) is 5.91 Å². The number of carboxylic acids is 1. The van der Waals surface area contributed by atoms with E-state index in [4.69, 9.17) is 10.8 Å². The summed E-state index contributed by atoms with van der Waals surface area (Å²) in [4.78, 5) is 33.5. The van der Waals surface area contributed by atoms with E-state index >= 15 is 0 Å². The Kier molecular flexibility index (Phi) is 5.55. The second kappa shape index (κ2) is 7.17. The highest BCUT2D eigenvalue weighted by molar-refractivity contribution is 7.14. The first kappa shape index (κ1) is 14.7. The Labute approximate surface area is 113 Å². The number of primary amides is 1. The zero-order valence-corrected chi connectivity index (χ0v) is 10.7. The number of rotatable bonds is 6. The van der Waals surface area contributed by atoms with Gasteiger partial charge < -0.3 is 21.5 Å². The van der Waals surface area contributed by atoms with E-state index in [1.54, 1.807) is 12.1 Å². The number of carbonyl (C=O) groups excluding carboxylic acids is 2. The Hall–Kier alpha value is -2.35. The Morgan fingerprint density at radius 1 is 1.26 bits per heavy atom. The molecule has 5 N–H and O–H groups in total. The second-order valence-electron chi connectivity index (χ2n) is 3.42. The highest BCUT2D eigenvalue weighted by atomic mass is 32.1. The average molecular weight is 283 g/mol. The van der Waals surface area contributed by atoms with Crippen molar-refractivity contribution < 1.29 is 19.5 Å². The fourth-order valence-corrected chi connectivity index (χ4v) is 1.99. The van der Waals surface area contributed by atoms with Crippen LogP contribution in [0.1, 0.15) is 14.5 Å². The number of urea groups is 1. The number of hydrogen-bond donors (Lipinski definition) is 4. The summed E-state index contributed by atoms with van der Waals surface area (Å²) < 4.78 is 0. The van der Waals surface area contributed by atoms with E-state index in [0.717, 1.165) is 6.08 Å². The summed E-state index contributed by atoms with van der Waals surface area (Å²) in [5.74, 6) is -1.33. The highest BCUT2D eigenvalue weighted by Crippen LogP contribution is 2.17. The third-order valence-electron chi connectivity index (χ3n) is 1.95. The molecule has 7 nitrogen and oxygen atoms in total. The van der Waals surface area contributed by atoms with Gasteiger partial charge >= 0.3 is 12.0 Å². The minimum Gasteiger partial charge on any atom is -0.478 e. The second-order valence-corrected chi connectivity index (χ2v) is 4.54. The predicted octanol–water partition coefficient (Wildman–Crippen LogP) is 0.244. The molecule has 102 valence electrons. The molecular formula is C11H13N3O4S. The summed E-state index contributed by atoms with van der Waals surface area (Å²) in [6.45, 7) is 0.512. The van der Waals surface area contributed by atoms with Crippen LogP contribution in [0.15, 0.2) is 18.2 Å². The highest BCUT2D eigenvalue weighted by Gasteiger charge is 2.07.